The van der Waals surface area contributed by atoms with Gasteiger partial charge in [-0.15, -0.1) is 0 Å². The lowest BCUT2D eigenvalue weighted by molar-refractivity contribution is -0.132. The van der Waals surface area contributed by atoms with E-state index < -0.39 is 17.9 Å². The molecule has 2 aliphatic rings. The maximum atomic E-state index is 13.2. The summed E-state index contributed by atoms with van der Waals surface area (Å²) in [5.41, 5.74) is 0.375. The minimum Gasteiger partial charge on any atom is -0.459 e. The highest BCUT2D eigenvalue weighted by atomic mass is 16.5. The summed E-state index contributed by atoms with van der Waals surface area (Å²) in [7, 11) is 0. The van der Waals surface area contributed by atoms with Crippen molar-refractivity contribution in [2.45, 2.75) is 51.1 Å². The fourth-order valence-corrected chi connectivity index (χ4v) is 4.21. The average Bonchev–Trinajstić information content (AvgIpc) is 3.46. The second-order valence-corrected chi connectivity index (χ2v) is 7.50. The average molecular weight is 410 g/mol. The van der Waals surface area contributed by atoms with Gasteiger partial charge in [0, 0.05) is 13.0 Å². The molecule has 1 unspecified atom stereocenters. The molecule has 1 aliphatic heterocycles. The van der Waals surface area contributed by atoms with E-state index in [2.05, 4.69) is 0 Å². The Hall–Kier alpha value is -3.42. The summed E-state index contributed by atoms with van der Waals surface area (Å²) >= 11 is 0. The molecule has 4 rings (SSSR count). The van der Waals surface area contributed by atoms with Crippen molar-refractivity contribution in [3.8, 4) is 5.75 Å². The molecule has 8 nitrogen and oxygen atoms in total. The van der Waals surface area contributed by atoms with E-state index in [0.717, 1.165) is 30.6 Å². The number of hydrogen-bond donors (Lipinski definition) is 0. The molecule has 0 N–H and O–H groups in total. The van der Waals surface area contributed by atoms with Gasteiger partial charge in [-0.05, 0) is 49.2 Å². The van der Waals surface area contributed by atoms with Gasteiger partial charge in [-0.2, -0.15) is 0 Å². The predicted molar refractivity (Wildman–Crippen MR) is 106 cm³/mol. The van der Waals surface area contributed by atoms with Crippen LogP contribution >= 0.6 is 0 Å². The molecule has 3 amide bonds. The minimum absolute atomic E-state index is 0.0759. The highest BCUT2D eigenvalue weighted by Crippen LogP contribution is 2.33. The normalized spacial score (nSPS) is 19.4. The standard InChI is InChI=1S/C22H22N2O6/c1-14(25)30-17-10-8-16(9-11-17)24-20(26)13-18(21(24)27)23(15-5-2-3-6-15)22(28)19-7-4-12-29-19/h4,7-12,15,18H,2-3,5-6,13H2,1H3. The van der Waals surface area contributed by atoms with Gasteiger partial charge in [-0.3, -0.25) is 19.2 Å². The fraction of sp³-hybridized carbons (Fsp3) is 0.364. The number of rotatable bonds is 5. The molecule has 1 aromatic carbocycles. The first kappa shape index (κ1) is 19.9. The molecule has 1 aliphatic carbocycles. The largest absolute Gasteiger partial charge is 0.459 e. The van der Waals surface area contributed by atoms with E-state index in [9.17, 15) is 19.2 Å². The molecule has 1 aromatic heterocycles. The highest BCUT2D eigenvalue weighted by molar-refractivity contribution is 6.23. The Balaban J connectivity index is 1.60. The van der Waals surface area contributed by atoms with Crippen molar-refractivity contribution in [3.63, 3.8) is 0 Å². The van der Waals surface area contributed by atoms with E-state index in [1.165, 1.54) is 25.3 Å². The minimum atomic E-state index is -0.869. The van der Waals surface area contributed by atoms with Crippen LogP contribution < -0.4 is 9.64 Å². The summed E-state index contributed by atoms with van der Waals surface area (Å²) in [6, 6.07) is 8.35. The van der Waals surface area contributed by atoms with E-state index in [1.807, 2.05) is 0 Å². The predicted octanol–water partition coefficient (Wildman–Crippen LogP) is 2.92. The second-order valence-electron chi connectivity index (χ2n) is 7.50. The smallest absolute Gasteiger partial charge is 0.308 e. The first-order valence-corrected chi connectivity index (χ1v) is 9.97. The maximum Gasteiger partial charge on any atom is 0.308 e. The summed E-state index contributed by atoms with van der Waals surface area (Å²) in [6.45, 7) is 1.29. The van der Waals surface area contributed by atoms with Crippen LogP contribution in [0, 0.1) is 0 Å². The monoisotopic (exact) mass is 410 g/mol. The lowest BCUT2D eigenvalue weighted by Crippen LogP contribution is -2.50. The van der Waals surface area contributed by atoms with Gasteiger partial charge < -0.3 is 14.1 Å². The van der Waals surface area contributed by atoms with E-state index in [1.54, 1.807) is 29.2 Å². The van der Waals surface area contributed by atoms with Gasteiger partial charge in [-0.25, -0.2) is 4.90 Å². The molecule has 1 saturated heterocycles. The number of furan rings is 1. The molecule has 0 spiro atoms. The number of amides is 3. The third-order valence-electron chi connectivity index (χ3n) is 5.50. The first-order valence-electron chi connectivity index (χ1n) is 9.97. The van der Waals surface area contributed by atoms with Crippen LogP contribution in [-0.4, -0.2) is 40.7 Å². The Morgan fingerprint density at radius 1 is 1.10 bits per heavy atom. The Morgan fingerprint density at radius 2 is 1.80 bits per heavy atom. The molecule has 2 aromatic rings. The lowest BCUT2D eigenvalue weighted by atomic mass is 10.1. The summed E-state index contributed by atoms with van der Waals surface area (Å²) in [5.74, 6) is -1.16. The van der Waals surface area contributed by atoms with Gasteiger partial charge in [0.2, 0.25) is 5.91 Å². The van der Waals surface area contributed by atoms with Crippen molar-refractivity contribution in [2.75, 3.05) is 4.90 Å². The number of ether oxygens (including phenoxy) is 1. The molecule has 2 fully saturated rings. The van der Waals surface area contributed by atoms with E-state index in [4.69, 9.17) is 9.15 Å². The van der Waals surface area contributed by atoms with Gasteiger partial charge in [0.1, 0.15) is 11.8 Å². The van der Waals surface area contributed by atoms with Crippen LogP contribution in [0.5, 0.6) is 5.75 Å². The summed E-state index contributed by atoms with van der Waals surface area (Å²) in [5, 5.41) is 0. The van der Waals surface area contributed by atoms with Crippen LogP contribution in [0.2, 0.25) is 0 Å². The van der Waals surface area contributed by atoms with Crippen LogP contribution in [0.4, 0.5) is 5.69 Å². The summed E-state index contributed by atoms with van der Waals surface area (Å²) in [4.78, 5) is 52.8. The highest BCUT2D eigenvalue weighted by Gasteiger charge is 2.47. The molecule has 0 radical (unpaired) electrons. The zero-order valence-corrected chi connectivity index (χ0v) is 16.6. The molecular weight excluding hydrogens is 388 g/mol. The molecular formula is C22H22N2O6. The topological polar surface area (TPSA) is 97.1 Å². The molecule has 1 atom stereocenters. The van der Waals surface area contributed by atoms with Crippen molar-refractivity contribution < 1.29 is 28.3 Å². The maximum absolute atomic E-state index is 13.2. The number of imide groups is 1. The van der Waals surface area contributed by atoms with Gasteiger partial charge in [0.25, 0.3) is 11.8 Å². The summed E-state index contributed by atoms with van der Waals surface area (Å²) < 4.78 is 10.3. The number of hydrogen-bond acceptors (Lipinski definition) is 6. The van der Waals surface area contributed by atoms with Gasteiger partial charge in [0.15, 0.2) is 5.76 Å². The third kappa shape index (κ3) is 3.72. The third-order valence-corrected chi connectivity index (χ3v) is 5.50. The Morgan fingerprint density at radius 3 is 2.40 bits per heavy atom. The van der Waals surface area contributed by atoms with Gasteiger partial charge in [-0.1, -0.05) is 12.8 Å². The number of anilines is 1. The Kier molecular flexibility index (Phi) is 5.39. The van der Waals surface area contributed by atoms with Crippen LogP contribution in [0.1, 0.15) is 49.6 Å². The quantitative estimate of drug-likeness (QED) is 0.427. The van der Waals surface area contributed by atoms with Gasteiger partial charge >= 0.3 is 5.97 Å². The number of carbonyl (C=O) groups excluding carboxylic acids is 4. The van der Waals surface area contributed by atoms with Crippen molar-refractivity contribution in [1.29, 1.82) is 0 Å². The van der Waals surface area contributed by atoms with E-state index in [0.29, 0.717) is 11.4 Å². The van der Waals surface area contributed by atoms with Crippen molar-refractivity contribution >= 4 is 29.4 Å². The number of esters is 1. The Bertz CT molecular complexity index is 960. The van der Waals surface area contributed by atoms with Crippen LogP contribution in [0.25, 0.3) is 0 Å². The number of benzene rings is 1. The van der Waals surface area contributed by atoms with Crippen LogP contribution in [0.15, 0.2) is 47.1 Å². The van der Waals surface area contributed by atoms with Crippen molar-refractivity contribution in [1.82, 2.24) is 4.90 Å². The van der Waals surface area contributed by atoms with Crippen LogP contribution in [-0.2, 0) is 14.4 Å². The zero-order chi connectivity index (χ0) is 21.3. The zero-order valence-electron chi connectivity index (χ0n) is 16.6. The molecule has 156 valence electrons. The van der Waals surface area contributed by atoms with E-state index in [-0.39, 0.29) is 30.0 Å². The molecule has 8 heteroatoms. The molecule has 0 bridgehead atoms. The van der Waals surface area contributed by atoms with Crippen LogP contribution in [0.3, 0.4) is 0 Å². The van der Waals surface area contributed by atoms with Gasteiger partial charge in [0.05, 0.1) is 18.4 Å². The lowest BCUT2D eigenvalue weighted by Gasteiger charge is -2.32. The molecule has 1 saturated carbocycles. The number of nitrogens with zero attached hydrogens (tertiary/aromatic N) is 2. The fourth-order valence-electron chi connectivity index (χ4n) is 4.21. The molecule has 30 heavy (non-hydrogen) atoms. The summed E-state index contributed by atoms with van der Waals surface area (Å²) in [6.07, 6.45) is 4.88. The Labute approximate surface area is 173 Å². The second kappa shape index (κ2) is 8.14. The van der Waals surface area contributed by atoms with Crippen molar-refractivity contribution in [3.05, 3.63) is 48.4 Å². The molecule has 2 heterocycles. The SMILES string of the molecule is CC(=O)Oc1ccc(N2C(=O)CC(N(C(=O)c3ccco3)C3CCCC3)C2=O)cc1. The van der Waals surface area contributed by atoms with E-state index >= 15 is 0 Å². The van der Waals surface area contributed by atoms with Crippen molar-refractivity contribution in [2.24, 2.45) is 0 Å². The number of carbonyl (C=O) groups is 4. The first-order chi connectivity index (χ1) is 14.5.